The van der Waals surface area contributed by atoms with Crippen LogP contribution in [0.25, 0.3) is 10.1 Å². The van der Waals surface area contributed by atoms with Gasteiger partial charge in [-0.1, -0.05) is 44.9 Å². The van der Waals surface area contributed by atoms with Crippen molar-refractivity contribution in [2.45, 2.75) is 52.0 Å². The average molecular weight is 301 g/mol. The van der Waals surface area contributed by atoms with Crippen LogP contribution in [-0.2, 0) is 0 Å². The van der Waals surface area contributed by atoms with Gasteiger partial charge in [0, 0.05) is 10.7 Å². The van der Waals surface area contributed by atoms with E-state index in [1.165, 1.54) is 42.2 Å². The molecule has 2 heteroatoms. The third kappa shape index (κ3) is 3.32. The third-order valence-corrected chi connectivity index (χ3v) is 5.97. The average Bonchev–Trinajstić information content (AvgIpc) is 2.93. The molecule has 2 aromatic rings. The normalized spacial score (nSPS) is 24.3. The van der Waals surface area contributed by atoms with Gasteiger partial charge in [0.05, 0.1) is 0 Å². The van der Waals surface area contributed by atoms with E-state index in [1.54, 1.807) is 5.56 Å². The number of nitrogens with one attached hydrogen (secondary N) is 1. The second-order valence-electron chi connectivity index (χ2n) is 6.64. The van der Waals surface area contributed by atoms with Crippen LogP contribution in [-0.4, -0.2) is 6.54 Å². The van der Waals surface area contributed by atoms with Gasteiger partial charge in [0.2, 0.25) is 0 Å². The molecule has 1 atom stereocenters. The van der Waals surface area contributed by atoms with Crippen LogP contribution in [0.4, 0.5) is 0 Å². The van der Waals surface area contributed by atoms with Crippen LogP contribution in [0.15, 0.2) is 29.6 Å². The zero-order chi connectivity index (χ0) is 14.7. The molecular formula is C19H27NS. The molecule has 0 aliphatic heterocycles. The van der Waals surface area contributed by atoms with E-state index >= 15 is 0 Å². The van der Waals surface area contributed by atoms with Crippen molar-refractivity contribution in [1.29, 1.82) is 0 Å². The molecule has 0 amide bonds. The second-order valence-corrected chi connectivity index (χ2v) is 7.55. The van der Waals surface area contributed by atoms with Gasteiger partial charge in [-0.3, -0.25) is 0 Å². The van der Waals surface area contributed by atoms with Crippen LogP contribution >= 0.6 is 11.3 Å². The Hall–Kier alpha value is -0.860. The zero-order valence-electron chi connectivity index (χ0n) is 13.3. The fourth-order valence-electron chi connectivity index (χ4n) is 3.69. The monoisotopic (exact) mass is 301 g/mol. The summed E-state index contributed by atoms with van der Waals surface area (Å²) < 4.78 is 1.43. The van der Waals surface area contributed by atoms with Gasteiger partial charge in [-0.25, -0.2) is 0 Å². The number of hydrogen-bond donors (Lipinski definition) is 1. The molecule has 1 nitrogen and oxygen atoms in total. The molecular weight excluding hydrogens is 274 g/mol. The van der Waals surface area contributed by atoms with Crippen molar-refractivity contribution in [2.24, 2.45) is 11.8 Å². The van der Waals surface area contributed by atoms with Gasteiger partial charge in [-0.15, -0.1) is 11.3 Å². The smallest absolute Gasteiger partial charge is 0.0363 e. The molecule has 21 heavy (non-hydrogen) atoms. The summed E-state index contributed by atoms with van der Waals surface area (Å²) in [5, 5.41) is 7.72. The van der Waals surface area contributed by atoms with Crippen molar-refractivity contribution < 1.29 is 0 Å². The summed E-state index contributed by atoms with van der Waals surface area (Å²) in [6, 6.07) is 9.43. The Morgan fingerprint density at radius 2 is 1.95 bits per heavy atom. The number of benzene rings is 1. The Balaban J connectivity index is 1.87. The van der Waals surface area contributed by atoms with E-state index in [0.717, 1.165) is 18.4 Å². The Bertz CT molecular complexity index is 566. The summed E-state index contributed by atoms with van der Waals surface area (Å²) in [4.78, 5) is 0. The van der Waals surface area contributed by atoms with E-state index in [1.807, 2.05) is 11.3 Å². The molecule has 0 saturated heterocycles. The molecule has 0 bridgehead atoms. The predicted octanol–water partition coefficient (Wildman–Crippen LogP) is 5.77. The van der Waals surface area contributed by atoms with Crippen molar-refractivity contribution in [3.05, 3.63) is 35.2 Å². The summed E-state index contributed by atoms with van der Waals surface area (Å²) in [5.41, 5.74) is 1.55. The molecule has 1 aromatic heterocycles. The SMILES string of the molecule is CCCNC(c1csc2ccccc12)C1CCC(C)CC1. The van der Waals surface area contributed by atoms with Crippen LogP contribution in [0.2, 0.25) is 0 Å². The minimum Gasteiger partial charge on any atom is -0.310 e. The molecule has 1 fully saturated rings. The van der Waals surface area contributed by atoms with Gasteiger partial charge in [0.25, 0.3) is 0 Å². The second kappa shape index (κ2) is 6.93. The van der Waals surface area contributed by atoms with Crippen LogP contribution in [0.1, 0.15) is 57.6 Å². The highest BCUT2D eigenvalue weighted by Crippen LogP contribution is 2.40. The molecule has 1 heterocycles. The molecule has 1 aliphatic carbocycles. The van der Waals surface area contributed by atoms with Gasteiger partial charge < -0.3 is 5.32 Å². The van der Waals surface area contributed by atoms with Gasteiger partial charge in [-0.2, -0.15) is 0 Å². The van der Waals surface area contributed by atoms with Crippen molar-refractivity contribution in [3.63, 3.8) is 0 Å². The summed E-state index contributed by atoms with van der Waals surface area (Å²) in [5.74, 6) is 1.73. The zero-order valence-corrected chi connectivity index (χ0v) is 14.1. The lowest BCUT2D eigenvalue weighted by molar-refractivity contribution is 0.232. The first kappa shape index (κ1) is 15.1. The topological polar surface area (TPSA) is 12.0 Å². The highest BCUT2D eigenvalue weighted by molar-refractivity contribution is 7.17. The lowest BCUT2D eigenvalue weighted by Gasteiger charge is -2.33. The van der Waals surface area contributed by atoms with Crippen molar-refractivity contribution in [2.75, 3.05) is 6.54 Å². The molecule has 1 unspecified atom stereocenters. The highest BCUT2D eigenvalue weighted by Gasteiger charge is 2.28. The van der Waals surface area contributed by atoms with Crippen molar-refractivity contribution >= 4 is 21.4 Å². The van der Waals surface area contributed by atoms with E-state index in [-0.39, 0.29) is 0 Å². The first-order chi connectivity index (χ1) is 10.3. The molecule has 1 aromatic carbocycles. The van der Waals surface area contributed by atoms with Gasteiger partial charge in [-0.05, 0) is 60.0 Å². The molecule has 3 rings (SSSR count). The number of fused-ring (bicyclic) bond motifs is 1. The minimum absolute atomic E-state index is 0.550. The minimum atomic E-state index is 0.550. The number of thiophene rings is 1. The summed E-state index contributed by atoms with van der Waals surface area (Å²) >= 11 is 1.90. The van der Waals surface area contributed by atoms with E-state index in [2.05, 4.69) is 48.8 Å². The lowest BCUT2D eigenvalue weighted by Crippen LogP contribution is -2.31. The fraction of sp³-hybridized carbons (Fsp3) is 0.579. The van der Waals surface area contributed by atoms with Crippen molar-refractivity contribution in [3.8, 4) is 0 Å². The largest absolute Gasteiger partial charge is 0.310 e. The maximum Gasteiger partial charge on any atom is 0.0363 e. The predicted molar refractivity (Wildman–Crippen MR) is 94.0 cm³/mol. The van der Waals surface area contributed by atoms with Gasteiger partial charge >= 0.3 is 0 Å². The Kier molecular flexibility index (Phi) is 4.97. The Morgan fingerprint density at radius 3 is 2.71 bits per heavy atom. The fourth-order valence-corrected chi connectivity index (χ4v) is 4.69. The quantitative estimate of drug-likeness (QED) is 0.739. The van der Waals surface area contributed by atoms with E-state index < -0.39 is 0 Å². The Morgan fingerprint density at radius 1 is 1.19 bits per heavy atom. The third-order valence-electron chi connectivity index (χ3n) is 4.99. The van der Waals surface area contributed by atoms with E-state index in [4.69, 9.17) is 0 Å². The Labute approximate surface area is 132 Å². The maximum atomic E-state index is 3.86. The molecule has 1 aliphatic rings. The number of rotatable bonds is 5. The van der Waals surface area contributed by atoms with Gasteiger partial charge in [0.15, 0.2) is 0 Å². The molecule has 0 radical (unpaired) electrons. The van der Waals surface area contributed by atoms with Crippen LogP contribution in [0.3, 0.4) is 0 Å². The number of hydrogen-bond acceptors (Lipinski definition) is 2. The highest BCUT2D eigenvalue weighted by atomic mass is 32.1. The van der Waals surface area contributed by atoms with Crippen LogP contribution in [0.5, 0.6) is 0 Å². The molecule has 0 spiro atoms. The van der Waals surface area contributed by atoms with Gasteiger partial charge in [0.1, 0.15) is 0 Å². The summed E-state index contributed by atoms with van der Waals surface area (Å²) in [6.07, 6.45) is 6.77. The van der Waals surface area contributed by atoms with E-state index in [9.17, 15) is 0 Å². The molecule has 1 saturated carbocycles. The molecule has 1 N–H and O–H groups in total. The first-order valence-electron chi connectivity index (χ1n) is 8.49. The van der Waals surface area contributed by atoms with E-state index in [0.29, 0.717) is 6.04 Å². The first-order valence-corrected chi connectivity index (χ1v) is 9.37. The van der Waals surface area contributed by atoms with Crippen LogP contribution in [0, 0.1) is 11.8 Å². The summed E-state index contributed by atoms with van der Waals surface area (Å²) in [7, 11) is 0. The van der Waals surface area contributed by atoms with Crippen LogP contribution < -0.4 is 5.32 Å². The summed E-state index contributed by atoms with van der Waals surface area (Å²) in [6.45, 7) is 5.80. The van der Waals surface area contributed by atoms with Crippen molar-refractivity contribution in [1.82, 2.24) is 5.32 Å². The standard InChI is InChI=1S/C19H27NS/c1-3-12-20-19(15-10-8-14(2)9-11-15)17-13-21-18-7-5-4-6-16(17)18/h4-7,13-15,19-20H,3,8-12H2,1-2H3. The lowest BCUT2D eigenvalue weighted by atomic mass is 9.77. The molecule has 114 valence electrons. The maximum absolute atomic E-state index is 3.86.